The Morgan fingerprint density at radius 2 is 2.05 bits per heavy atom. The van der Waals surface area contributed by atoms with Crippen LogP contribution in [0.1, 0.15) is 40.2 Å². The predicted octanol–water partition coefficient (Wildman–Crippen LogP) is 3.15. The quantitative estimate of drug-likeness (QED) is 0.911. The molecule has 3 nitrogen and oxygen atoms in total. The fourth-order valence-corrected chi connectivity index (χ4v) is 2.13. The largest absolute Gasteiger partial charge is 0.488 e. The Hall–Kier alpha value is -1.22. The van der Waals surface area contributed by atoms with E-state index in [1.165, 1.54) is 5.56 Å². The molecule has 1 aliphatic heterocycles. The number of nitrogens with two attached hydrogens (primary N) is 1. The molecule has 0 radical (unpaired) electrons. The molecular weight excluding hydrogens is 238 g/mol. The van der Waals surface area contributed by atoms with E-state index in [9.17, 15) is 0 Å². The Labute approximate surface area is 116 Å². The molecule has 1 heterocycles. The van der Waals surface area contributed by atoms with Gasteiger partial charge in [-0.3, -0.25) is 0 Å². The van der Waals surface area contributed by atoms with Gasteiger partial charge in [0.2, 0.25) is 0 Å². The lowest BCUT2D eigenvalue weighted by Crippen LogP contribution is -2.40. The zero-order valence-corrected chi connectivity index (χ0v) is 12.6. The standard InChI is InChI=1S/C16H25NO2/c1-15(2,3)13(17)10-18-12-8-6-7-11-9-16(4,5)19-14(11)12/h6-8,13H,9-10,17H2,1-5H3. The molecule has 1 unspecified atom stereocenters. The highest BCUT2D eigenvalue weighted by molar-refractivity contribution is 5.50. The minimum absolute atomic E-state index is 0.00207. The molecule has 0 saturated carbocycles. The van der Waals surface area contributed by atoms with Gasteiger partial charge in [-0.15, -0.1) is 0 Å². The van der Waals surface area contributed by atoms with Gasteiger partial charge in [-0.05, 0) is 25.3 Å². The van der Waals surface area contributed by atoms with Crippen LogP contribution < -0.4 is 15.2 Å². The van der Waals surface area contributed by atoms with Gasteiger partial charge in [0.05, 0.1) is 0 Å². The normalized spacial score (nSPS) is 18.6. The van der Waals surface area contributed by atoms with Crippen molar-refractivity contribution in [3.05, 3.63) is 23.8 Å². The molecule has 1 aliphatic rings. The summed E-state index contributed by atoms with van der Waals surface area (Å²) in [5, 5.41) is 0. The van der Waals surface area contributed by atoms with Crippen molar-refractivity contribution in [2.45, 2.75) is 52.7 Å². The maximum Gasteiger partial charge on any atom is 0.165 e. The van der Waals surface area contributed by atoms with Crippen LogP contribution in [0, 0.1) is 5.41 Å². The molecule has 0 aliphatic carbocycles. The number of fused-ring (bicyclic) bond motifs is 1. The molecule has 1 atom stereocenters. The van der Waals surface area contributed by atoms with Crippen LogP contribution in [-0.4, -0.2) is 18.2 Å². The lowest BCUT2D eigenvalue weighted by atomic mass is 9.88. The topological polar surface area (TPSA) is 44.5 Å². The van der Waals surface area contributed by atoms with Crippen molar-refractivity contribution in [2.24, 2.45) is 11.1 Å². The first kappa shape index (κ1) is 14.2. The minimum atomic E-state index is -0.145. The highest BCUT2D eigenvalue weighted by Gasteiger charge is 2.32. The summed E-state index contributed by atoms with van der Waals surface area (Å²) in [6.07, 6.45) is 0.921. The molecule has 0 saturated heterocycles. The Kier molecular flexibility index (Phi) is 3.52. The first-order valence-electron chi connectivity index (χ1n) is 6.88. The van der Waals surface area contributed by atoms with E-state index in [2.05, 4.69) is 40.7 Å². The van der Waals surface area contributed by atoms with Gasteiger partial charge in [0.15, 0.2) is 11.5 Å². The molecule has 1 aromatic rings. The van der Waals surface area contributed by atoms with Gasteiger partial charge in [-0.1, -0.05) is 32.9 Å². The van der Waals surface area contributed by atoms with E-state index < -0.39 is 0 Å². The van der Waals surface area contributed by atoms with E-state index >= 15 is 0 Å². The summed E-state index contributed by atoms with van der Waals surface area (Å²) in [5.41, 5.74) is 7.24. The maximum absolute atomic E-state index is 6.13. The maximum atomic E-state index is 6.13. The van der Waals surface area contributed by atoms with Crippen molar-refractivity contribution < 1.29 is 9.47 Å². The fourth-order valence-electron chi connectivity index (χ4n) is 2.13. The van der Waals surface area contributed by atoms with Crippen LogP contribution in [0.4, 0.5) is 0 Å². The Morgan fingerprint density at radius 1 is 1.37 bits per heavy atom. The summed E-state index contributed by atoms with van der Waals surface area (Å²) >= 11 is 0. The third-order valence-electron chi connectivity index (χ3n) is 3.59. The van der Waals surface area contributed by atoms with Gasteiger partial charge < -0.3 is 15.2 Å². The SMILES string of the molecule is CC1(C)Cc2cccc(OCC(N)C(C)(C)C)c2O1. The first-order valence-corrected chi connectivity index (χ1v) is 6.88. The molecule has 0 aromatic heterocycles. The van der Waals surface area contributed by atoms with Gasteiger partial charge in [0.1, 0.15) is 12.2 Å². The summed E-state index contributed by atoms with van der Waals surface area (Å²) in [4.78, 5) is 0. The van der Waals surface area contributed by atoms with Crippen LogP contribution >= 0.6 is 0 Å². The van der Waals surface area contributed by atoms with Crippen molar-refractivity contribution in [2.75, 3.05) is 6.61 Å². The summed E-state index contributed by atoms with van der Waals surface area (Å²) in [5.74, 6) is 1.69. The van der Waals surface area contributed by atoms with Crippen molar-refractivity contribution in [3.63, 3.8) is 0 Å². The van der Waals surface area contributed by atoms with E-state index in [4.69, 9.17) is 15.2 Å². The first-order chi connectivity index (χ1) is 8.69. The van der Waals surface area contributed by atoms with E-state index in [0.29, 0.717) is 6.61 Å². The van der Waals surface area contributed by atoms with Crippen LogP contribution in [0.5, 0.6) is 11.5 Å². The molecule has 1 aromatic carbocycles. The molecule has 106 valence electrons. The van der Waals surface area contributed by atoms with Crippen LogP contribution in [0.15, 0.2) is 18.2 Å². The van der Waals surface area contributed by atoms with Crippen molar-refractivity contribution >= 4 is 0 Å². The smallest absolute Gasteiger partial charge is 0.165 e. The molecule has 19 heavy (non-hydrogen) atoms. The lowest BCUT2D eigenvalue weighted by molar-refractivity contribution is 0.128. The second kappa shape index (κ2) is 4.71. The van der Waals surface area contributed by atoms with Gasteiger partial charge >= 0.3 is 0 Å². The Bertz CT molecular complexity index is 460. The molecule has 0 spiro atoms. The fraction of sp³-hybridized carbons (Fsp3) is 0.625. The summed E-state index contributed by atoms with van der Waals surface area (Å²) in [7, 11) is 0. The summed E-state index contributed by atoms with van der Waals surface area (Å²) in [6, 6.07) is 6.07. The second-order valence-electron chi connectivity index (χ2n) is 7.07. The third-order valence-corrected chi connectivity index (χ3v) is 3.59. The van der Waals surface area contributed by atoms with Crippen molar-refractivity contribution in [3.8, 4) is 11.5 Å². The lowest BCUT2D eigenvalue weighted by Gasteiger charge is -2.27. The van der Waals surface area contributed by atoms with Crippen molar-refractivity contribution in [1.29, 1.82) is 0 Å². The average Bonchev–Trinajstić information content (AvgIpc) is 2.58. The van der Waals surface area contributed by atoms with E-state index in [0.717, 1.165) is 17.9 Å². The van der Waals surface area contributed by atoms with Gasteiger partial charge in [-0.25, -0.2) is 0 Å². The van der Waals surface area contributed by atoms with Gasteiger partial charge in [0.25, 0.3) is 0 Å². The highest BCUT2D eigenvalue weighted by atomic mass is 16.5. The highest BCUT2D eigenvalue weighted by Crippen LogP contribution is 2.41. The van der Waals surface area contributed by atoms with Crippen molar-refractivity contribution in [1.82, 2.24) is 0 Å². The van der Waals surface area contributed by atoms with E-state index in [1.807, 2.05) is 12.1 Å². The second-order valence-corrected chi connectivity index (χ2v) is 7.07. The number of para-hydroxylation sites is 1. The van der Waals surface area contributed by atoms with Crippen LogP contribution in [-0.2, 0) is 6.42 Å². The molecular formula is C16H25NO2. The predicted molar refractivity (Wildman–Crippen MR) is 77.8 cm³/mol. The van der Waals surface area contributed by atoms with Gasteiger partial charge in [-0.2, -0.15) is 0 Å². The van der Waals surface area contributed by atoms with Crippen LogP contribution in [0.25, 0.3) is 0 Å². The number of rotatable bonds is 3. The number of hydrogen-bond acceptors (Lipinski definition) is 3. The number of benzene rings is 1. The molecule has 0 bridgehead atoms. The van der Waals surface area contributed by atoms with Gasteiger partial charge in [0, 0.05) is 18.0 Å². The van der Waals surface area contributed by atoms with Crippen LogP contribution in [0.3, 0.4) is 0 Å². The Morgan fingerprint density at radius 3 is 2.68 bits per heavy atom. The van der Waals surface area contributed by atoms with Crippen LogP contribution in [0.2, 0.25) is 0 Å². The molecule has 0 amide bonds. The molecule has 2 N–H and O–H groups in total. The summed E-state index contributed by atoms with van der Waals surface area (Å²) in [6.45, 7) is 11.1. The molecule has 3 heteroatoms. The monoisotopic (exact) mass is 263 g/mol. The third kappa shape index (κ3) is 3.21. The number of ether oxygens (including phenoxy) is 2. The number of hydrogen-bond donors (Lipinski definition) is 1. The zero-order chi connectivity index (χ0) is 14.3. The Balaban J connectivity index is 2.10. The van der Waals surface area contributed by atoms with E-state index in [1.54, 1.807) is 0 Å². The molecule has 0 fully saturated rings. The molecule has 2 rings (SSSR count). The average molecular weight is 263 g/mol. The zero-order valence-electron chi connectivity index (χ0n) is 12.6. The summed E-state index contributed by atoms with van der Waals surface area (Å²) < 4.78 is 11.9. The van der Waals surface area contributed by atoms with E-state index in [-0.39, 0.29) is 17.1 Å². The minimum Gasteiger partial charge on any atom is -0.488 e.